The van der Waals surface area contributed by atoms with Crippen LogP contribution in [-0.2, 0) is 19.1 Å². The minimum atomic E-state index is -1.01. The molecule has 2 heterocycles. The number of hydrogen-bond donors (Lipinski definition) is 1. The van der Waals surface area contributed by atoms with E-state index in [4.69, 9.17) is 9.47 Å². The monoisotopic (exact) mass is 410 g/mol. The Hall–Kier alpha value is -2.66. The van der Waals surface area contributed by atoms with Crippen LogP contribution in [0.3, 0.4) is 0 Å². The molecular formula is C16H14N2O7S2. The minimum absolute atomic E-state index is 0.159. The number of carbonyl (C=O) groups is 2. The van der Waals surface area contributed by atoms with Crippen molar-refractivity contribution < 1.29 is 24.0 Å². The van der Waals surface area contributed by atoms with E-state index in [1.54, 1.807) is 6.07 Å². The number of nitro benzene ring substituents is 1. The summed E-state index contributed by atoms with van der Waals surface area (Å²) in [5, 5.41) is 10.6. The summed E-state index contributed by atoms with van der Waals surface area (Å²) in [7, 11) is 2.40. The molecule has 1 aromatic carbocycles. The number of nitro groups is 1. The van der Waals surface area contributed by atoms with Gasteiger partial charge in [0.15, 0.2) is 0 Å². The van der Waals surface area contributed by atoms with Gasteiger partial charge in [0.25, 0.3) is 5.69 Å². The summed E-state index contributed by atoms with van der Waals surface area (Å²) < 4.78 is 9.71. The molecule has 0 saturated carbocycles. The zero-order chi connectivity index (χ0) is 19.7. The van der Waals surface area contributed by atoms with Crippen LogP contribution in [0, 0.1) is 16.0 Å². The van der Waals surface area contributed by atoms with E-state index in [2.05, 4.69) is 4.98 Å². The standard InChI is InChI=1S/C16H14N2O7S2/c1-24-14(19)10-9(7-4-3-5-8(6-7)18(22)23)11-13(17-16(21)27-11)26-12(10)15(20)25-2/h3-6,9-10,12H,1-2H3,(H,17,21)/t9-,10-,12+/m0/s1. The van der Waals surface area contributed by atoms with E-state index in [9.17, 15) is 24.5 Å². The maximum Gasteiger partial charge on any atom is 0.320 e. The fourth-order valence-electron chi connectivity index (χ4n) is 3.05. The number of fused-ring (bicyclic) bond motifs is 1. The van der Waals surface area contributed by atoms with Crippen molar-refractivity contribution in [2.75, 3.05) is 14.2 Å². The first kappa shape index (κ1) is 19.1. The molecule has 142 valence electrons. The van der Waals surface area contributed by atoms with Crippen molar-refractivity contribution in [3.63, 3.8) is 0 Å². The second kappa shape index (κ2) is 7.53. The number of esters is 2. The van der Waals surface area contributed by atoms with E-state index in [-0.39, 0.29) is 10.6 Å². The maximum atomic E-state index is 12.6. The van der Waals surface area contributed by atoms with Crippen molar-refractivity contribution in [3.8, 4) is 0 Å². The number of methoxy groups -OCH3 is 2. The van der Waals surface area contributed by atoms with Gasteiger partial charge in [0.1, 0.15) is 5.25 Å². The lowest BCUT2D eigenvalue weighted by molar-refractivity contribution is -0.384. The number of thioether (sulfide) groups is 1. The molecule has 1 aliphatic rings. The van der Waals surface area contributed by atoms with Gasteiger partial charge in [-0.15, -0.1) is 0 Å². The normalized spacial score (nSPS) is 21.2. The number of aromatic nitrogens is 1. The van der Waals surface area contributed by atoms with Crippen molar-refractivity contribution in [1.29, 1.82) is 0 Å². The van der Waals surface area contributed by atoms with Gasteiger partial charge in [-0.2, -0.15) is 0 Å². The van der Waals surface area contributed by atoms with Crippen LogP contribution in [0.2, 0.25) is 0 Å². The number of H-pyrrole nitrogens is 1. The molecule has 0 bridgehead atoms. The molecule has 1 aromatic heterocycles. The molecule has 0 spiro atoms. The largest absolute Gasteiger partial charge is 0.469 e. The molecule has 0 unspecified atom stereocenters. The zero-order valence-corrected chi connectivity index (χ0v) is 15.8. The van der Waals surface area contributed by atoms with Gasteiger partial charge in [-0.3, -0.25) is 24.5 Å². The highest BCUT2D eigenvalue weighted by molar-refractivity contribution is 8.00. The van der Waals surface area contributed by atoms with Gasteiger partial charge >= 0.3 is 16.8 Å². The van der Waals surface area contributed by atoms with Crippen molar-refractivity contribution in [3.05, 3.63) is 54.5 Å². The Bertz CT molecular complexity index is 968. The molecule has 0 aliphatic carbocycles. The van der Waals surface area contributed by atoms with E-state index < -0.39 is 33.9 Å². The van der Waals surface area contributed by atoms with Crippen LogP contribution in [0.5, 0.6) is 0 Å². The van der Waals surface area contributed by atoms with Crippen LogP contribution >= 0.6 is 23.1 Å². The fourth-order valence-corrected chi connectivity index (χ4v) is 5.55. The highest BCUT2D eigenvalue weighted by Gasteiger charge is 2.49. The molecule has 0 radical (unpaired) electrons. The van der Waals surface area contributed by atoms with Crippen LogP contribution in [0.4, 0.5) is 5.69 Å². The predicted molar refractivity (Wildman–Crippen MR) is 97.0 cm³/mol. The highest BCUT2D eigenvalue weighted by Crippen LogP contribution is 2.50. The fraction of sp³-hybridized carbons (Fsp3) is 0.312. The Morgan fingerprint density at radius 3 is 2.56 bits per heavy atom. The third-order valence-corrected chi connectivity index (χ3v) is 6.59. The van der Waals surface area contributed by atoms with Gasteiger partial charge in [0, 0.05) is 22.9 Å². The zero-order valence-electron chi connectivity index (χ0n) is 14.2. The quantitative estimate of drug-likeness (QED) is 0.460. The maximum absolute atomic E-state index is 12.6. The van der Waals surface area contributed by atoms with E-state index >= 15 is 0 Å². The SMILES string of the molecule is COC(=O)[C@H]1[C@H](c2cccc([N+](=O)[O-])c2)c2sc(=O)[nH]c2S[C@H]1C(=O)OC. The molecule has 0 fully saturated rings. The third kappa shape index (κ3) is 3.47. The molecule has 9 nitrogen and oxygen atoms in total. The minimum Gasteiger partial charge on any atom is -0.469 e. The van der Waals surface area contributed by atoms with Crippen LogP contribution in [0.25, 0.3) is 0 Å². The second-order valence-corrected chi connectivity index (χ2v) is 7.81. The first-order valence-corrected chi connectivity index (χ1v) is 9.36. The topological polar surface area (TPSA) is 129 Å². The van der Waals surface area contributed by atoms with E-state index in [1.165, 1.54) is 32.4 Å². The number of nitrogens with zero attached hydrogens (tertiary/aromatic N) is 1. The summed E-state index contributed by atoms with van der Waals surface area (Å²) in [6.07, 6.45) is 0. The van der Waals surface area contributed by atoms with Crippen molar-refractivity contribution in [2.24, 2.45) is 5.92 Å². The van der Waals surface area contributed by atoms with Crippen LogP contribution in [0.15, 0.2) is 34.1 Å². The molecule has 3 rings (SSSR count). The van der Waals surface area contributed by atoms with Gasteiger partial charge in [-0.1, -0.05) is 35.2 Å². The third-order valence-electron chi connectivity index (χ3n) is 4.20. The molecule has 2 aromatic rings. The number of non-ortho nitro benzene ring substituents is 1. The number of hydrogen-bond acceptors (Lipinski definition) is 9. The molecular weight excluding hydrogens is 396 g/mol. The molecule has 3 atom stereocenters. The predicted octanol–water partition coefficient (Wildman–Crippen LogP) is 1.91. The summed E-state index contributed by atoms with van der Waals surface area (Å²) in [6.45, 7) is 0. The van der Waals surface area contributed by atoms with Crippen LogP contribution < -0.4 is 4.87 Å². The number of rotatable bonds is 4. The Balaban J connectivity index is 2.23. The van der Waals surface area contributed by atoms with E-state index in [0.717, 1.165) is 23.1 Å². The first-order valence-electron chi connectivity index (χ1n) is 7.67. The van der Waals surface area contributed by atoms with Crippen molar-refractivity contribution in [1.82, 2.24) is 4.98 Å². The lowest BCUT2D eigenvalue weighted by Gasteiger charge is -2.33. The van der Waals surface area contributed by atoms with Crippen LogP contribution in [-0.4, -0.2) is 41.3 Å². The molecule has 11 heteroatoms. The second-order valence-electron chi connectivity index (χ2n) is 5.65. The summed E-state index contributed by atoms with van der Waals surface area (Å²) in [5.41, 5.74) is 0.277. The first-order chi connectivity index (χ1) is 12.9. The van der Waals surface area contributed by atoms with Gasteiger partial charge in [0.05, 0.1) is 30.1 Å². The number of nitrogens with one attached hydrogen (secondary N) is 1. The molecule has 0 amide bonds. The lowest BCUT2D eigenvalue weighted by Crippen LogP contribution is -2.40. The van der Waals surface area contributed by atoms with Gasteiger partial charge in [0.2, 0.25) is 0 Å². The number of thiazole rings is 1. The average molecular weight is 410 g/mol. The van der Waals surface area contributed by atoms with E-state index in [0.29, 0.717) is 15.5 Å². The van der Waals surface area contributed by atoms with Crippen molar-refractivity contribution >= 4 is 40.7 Å². The van der Waals surface area contributed by atoms with Crippen LogP contribution in [0.1, 0.15) is 16.4 Å². The summed E-state index contributed by atoms with van der Waals surface area (Å²) >= 11 is 1.92. The molecule has 1 N–H and O–H groups in total. The van der Waals surface area contributed by atoms with E-state index in [1.807, 2.05) is 0 Å². The number of carbonyl (C=O) groups excluding carboxylic acids is 2. The average Bonchev–Trinajstić information content (AvgIpc) is 3.04. The Kier molecular flexibility index (Phi) is 5.33. The van der Waals surface area contributed by atoms with Gasteiger partial charge in [-0.05, 0) is 5.56 Å². The molecule has 1 aliphatic heterocycles. The number of aromatic amines is 1. The summed E-state index contributed by atoms with van der Waals surface area (Å²) in [4.78, 5) is 50.2. The smallest absolute Gasteiger partial charge is 0.320 e. The Morgan fingerprint density at radius 2 is 1.93 bits per heavy atom. The van der Waals surface area contributed by atoms with Crippen molar-refractivity contribution in [2.45, 2.75) is 16.2 Å². The number of ether oxygens (including phenoxy) is 2. The summed E-state index contributed by atoms with van der Waals surface area (Å²) in [6, 6.07) is 5.77. The number of benzene rings is 1. The Morgan fingerprint density at radius 1 is 1.22 bits per heavy atom. The Labute approximate surface area is 160 Å². The molecule has 0 saturated heterocycles. The summed E-state index contributed by atoms with van der Waals surface area (Å²) in [5.74, 6) is -3.08. The lowest BCUT2D eigenvalue weighted by atomic mass is 9.82. The molecule has 27 heavy (non-hydrogen) atoms. The van der Waals surface area contributed by atoms with Gasteiger partial charge < -0.3 is 14.5 Å². The highest BCUT2D eigenvalue weighted by atomic mass is 32.2. The van der Waals surface area contributed by atoms with Gasteiger partial charge in [-0.25, -0.2) is 0 Å².